The van der Waals surface area contributed by atoms with Crippen LogP contribution in [0, 0.1) is 11.8 Å². The van der Waals surface area contributed by atoms with Crippen molar-refractivity contribution in [2.75, 3.05) is 11.5 Å². The number of carbonyl (C=O) groups excluding carboxylic acids is 2. The van der Waals surface area contributed by atoms with Gasteiger partial charge in [0, 0.05) is 17.2 Å². The van der Waals surface area contributed by atoms with Gasteiger partial charge in [0.15, 0.2) is 0 Å². The standard InChI is InChI=1S/C22H28N2O2S/c1-14-12-27-13-16-11-22(16)10-9-19(24(22)21(14)26)20(25)23-18-8-4-6-15-5-2-3-7-17(15)18/h2-3,5,7,14,16,18-19H,4,6,8-13H2,1H3,(H,23,25)/t14-,16?,18+,19-,22-/m0/s1. The van der Waals surface area contributed by atoms with Gasteiger partial charge in [-0.05, 0) is 61.3 Å². The SMILES string of the molecule is C[C@H]1CSCC2C[C@@]23CC[C@@H](C(=O)N[C@@H]2CCCc4ccccc42)N3C1=O. The minimum Gasteiger partial charge on any atom is -0.347 e. The van der Waals surface area contributed by atoms with Crippen LogP contribution in [0.25, 0.3) is 0 Å². The fraction of sp³-hybridized carbons (Fsp3) is 0.636. The maximum Gasteiger partial charge on any atom is 0.243 e. The normalized spacial score (nSPS) is 37.5. The summed E-state index contributed by atoms with van der Waals surface area (Å²) in [5.74, 6) is 2.88. The molecule has 144 valence electrons. The third-order valence-electron chi connectivity index (χ3n) is 7.18. The van der Waals surface area contributed by atoms with Crippen LogP contribution < -0.4 is 5.32 Å². The zero-order valence-corrected chi connectivity index (χ0v) is 16.8. The van der Waals surface area contributed by atoms with Crippen LogP contribution in [0.4, 0.5) is 0 Å². The maximum absolute atomic E-state index is 13.3. The van der Waals surface area contributed by atoms with Gasteiger partial charge in [0.2, 0.25) is 11.8 Å². The molecule has 1 aromatic carbocycles. The molecule has 4 nitrogen and oxygen atoms in total. The van der Waals surface area contributed by atoms with Crippen molar-refractivity contribution in [1.29, 1.82) is 0 Å². The summed E-state index contributed by atoms with van der Waals surface area (Å²) in [7, 11) is 0. The van der Waals surface area contributed by atoms with Gasteiger partial charge in [-0.25, -0.2) is 0 Å². The molecule has 0 bridgehead atoms. The van der Waals surface area contributed by atoms with E-state index >= 15 is 0 Å². The predicted molar refractivity (Wildman–Crippen MR) is 107 cm³/mol. The van der Waals surface area contributed by atoms with Crippen molar-refractivity contribution < 1.29 is 9.59 Å². The van der Waals surface area contributed by atoms with E-state index in [1.54, 1.807) is 0 Å². The number of aryl methyl sites for hydroxylation is 1. The first-order valence-corrected chi connectivity index (χ1v) is 11.5. The number of hydrogen-bond donors (Lipinski definition) is 1. The number of thioether (sulfide) groups is 1. The first kappa shape index (κ1) is 17.6. The maximum atomic E-state index is 13.3. The van der Waals surface area contributed by atoms with E-state index in [0.717, 1.165) is 50.0 Å². The zero-order chi connectivity index (χ0) is 18.6. The molecule has 3 fully saturated rings. The summed E-state index contributed by atoms with van der Waals surface area (Å²) >= 11 is 1.92. The molecule has 0 aromatic heterocycles. The van der Waals surface area contributed by atoms with Gasteiger partial charge in [-0.1, -0.05) is 31.2 Å². The van der Waals surface area contributed by atoms with Crippen LogP contribution in [0.2, 0.25) is 0 Å². The second-order valence-corrected chi connectivity index (χ2v) is 9.93. The molecule has 2 aliphatic carbocycles. The molecule has 0 radical (unpaired) electrons. The number of amides is 2. The van der Waals surface area contributed by atoms with Crippen molar-refractivity contribution in [3.8, 4) is 0 Å². The van der Waals surface area contributed by atoms with Gasteiger partial charge in [-0.3, -0.25) is 9.59 Å². The summed E-state index contributed by atoms with van der Waals surface area (Å²) in [6.45, 7) is 2.02. The van der Waals surface area contributed by atoms with E-state index in [1.165, 1.54) is 11.1 Å². The minimum absolute atomic E-state index is 0.00869. The van der Waals surface area contributed by atoms with Gasteiger partial charge in [0.1, 0.15) is 6.04 Å². The molecule has 1 N–H and O–H groups in total. The number of hydrogen-bond acceptors (Lipinski definition) is 3. The molecule has 4 aliphatic rings. The van der Waals surface area contributed by atoms with Gasteiger partial charge >= 0.3 is 0 Å². The van der Waals surface area contributed by atoms with Crippen molar-refractivity contribution in [3.05, 3.63) is 35.4 Å². The van der Waals surface area contributed by atoms with Crippen molar-refractivity contribution >= 4 is 23.6 Å². The average molecular weight is 385 g/mol. The lowest BCUT2D eigenvalue weighted by molar-refractivity contribution is -0.144. The summed E-state index contributed by atoms with van der Waals surface area (Å²) in [6.07, 6.45) is 6.10. The first-order valence-electron chi connectivity index (χ1n) is 10.4. The number of fused-ring (bicyclic) bond motifs is 1. The third kappa shape index (κ3) is 2.81. The Bertz CT molecular complexity index is 781. The average Bonchev–Trinajstić information content (AvgIpc) is 3.21. The van der Waals surface area contributed by atoms with Crippen LogP contribution in [0.3, 0.4) is 0 Å². The largest absolute Gasteiger partial charge is 0.347 e. The highest BCUT2D eigenvalue weighted by molar-refractivity contribution is 7.99. The lowest BCUT2D eigenvalue weighted by Crippen LogP contribution is -2.53. The Kier molecular flexibility index (Phi) is 4.26. The topological polar surface area (TPSA) is 49.4 Å². The van der Waals surface area contributed by atoms with Crippen LogP contribution in [-0.2, 0) is 16.0 Å². The third-order valence-corrected chi connectivity index (χ3v) is 8.55. The molecule has 2 amide bonds. The molecule has 1 aromatic rings. The van der Waals surface area contributed by atoms with Crippen molar-refractivity contribution in [2.45, 2.75) is 63.1 Å². The molecule has 1 saturated carbocycles. The number of carbonyl (C=O) groups is 2. The summed E-state index contributed by atoms with van der Waals surface area (Å²) in [5.41, 5.74) is 2.61. The van der Waals surface area contributed by atoms with E-state index in [4.69, 9.17) is 0 Å². The van der Waals surface area contributed by atoms with Crippen molar-refractivity contribution in [3.63, 3.8) is 0 Å². The monoisotopic (exact) mass is 384 g/mol. The molecule has 2 heterocycles. The number of nitrogens with zero attached hydrogens (tertiary/aromatic N) is 1. The second-order valence-electron chi connectivity index (χ2n) is 8.86. The summed E-state index contributed by atoms with van der Waals surface area (Å²) in [6, 6.07) is 8.27. The Morgan fingerprint density at radius 2 is 2.11 bits per heavy atom. The zero-order valence-electron chi connectivity index (χ0n) is 15.9. The van der Waals surface area contributed by atoms with Crippen molar-refractivity contribution in [1.82, 2.24) is 10.2 Å². The highest BCUT2D eigenvalue weighted by atomic mass is 32.2. The van der Waals surface area contributed by atoms with E-state index in [0.29, 0.717) is 5.92 Å². The van der Waals surface area contributed by atoms with Crippen LogP contribution >= 0.6 is 11.8 Å². The molecule has 2 aliphatic heterocycles. The quantitative estimate of drug-likeness (QED) is 0.851. The Balaban J connectivity index is 1.37. The first-order chi connectivity index (χ1) is 13.1. The molecule has 2 saturated heterocycles. The van der Waals surface area contributed by atoms with Gasteiger partial charge in [-0.15, -0.1) is 0 Å². The van der Waals surface area contributed by atoms with E-state index in [2.05, 4.69) is 29.6 Å². The molecule has 5 rings (SSSR count). The number of nitrogens with one attached hydrogen (secondary N) is 1. The fourth-order valence-electron chi connectivity index (χ4n) is 5.62. The highest BCUT2D eigenvalue weighted by Crippen LogP contribution is 2.59. The fourth-order valence-corrected chi connectivity index (χ4v) is 6.96. The Hall–Kier alpha value is -1.49. The van der Waals surface area contributed by atoms with E-state index in [9.17, 15) is 9.59 Å². The molecule has 27 heavy (non-hydrogen) atoms. The Labute approximate surface area is 165 Å². The van der Waals surface area contributed by atoms with Gasteiger partial charge in [-0.2, -0.15) is 11.8 Å². The Morgan fingerprint density at radius 1 is 1.26 bits per heavy atom. The second kappa shape index (κ2) is 6.54. The van der Waals surface area contributed by atoms with Gasteiger partial charge < -0.3 is 10.2 Å². The van der Waals surface area contributed by atoms with Crippen LogP contribution in [0.15, 0.2) is 24.3 Å². The molecule has 1 spiro atoms. The van der Waals surface area contributed by atoms with Gasteiger partial charge in [0.05, 0.1) is 6.04 Å². The lowest BCUT2D eigenvalue weighted by Gasteiger charge is -2.35. The molecule has 5 heteroatoms. The summed E-state index contributed by atoms with van der Waals surface area (Å²) < 4.78 is 0. The minimum atomic E-state index is -0.276. The van der Waals surface area contributed by atoms with Crippen LogP contribution in [0.1, 0.15) is 56.2 Å². The highest BCUT2D eigenvalue weighted by Gasteiger charge is 2.65. The van der Waals surface area contributed by atoms with Crippen molar-refractivity contribution in [2.24, 2.45) is 11.8 Å². The van der Waals surface area contributed by atoms with Crippen LogP contribution in [-0.4, -0.2) is 39.8 Å². The molecule has 1 unspecified atom stereocenters. The Morgan fingerprint density at radius 3 is 3.00 bits per heavy atom. The van der Waals surface area contributed by atoms with E-state index in [1.807, 2.05) is 23.6 Å². The lowest BCUT2D eigenvalue weighted by atomic mass is 9.87. The molecular weight excluding hydrogens is 356 g/mol. The summed E-state index contributed by atoms with van der Waals surface area (Å²) in [4.78, 5) is 28.5. The number of rotatable bonds is 2. The van der Waals surface area contributed by atoms with E-state index < -0.39 is 0 Å². The van der Waals surface area contributed by atoms with E-state index in [-0.39, 0.29) is 35.4 Å². The van der Waals surface area contributed by atoms with Crippen LogP contribution in [0.5, 0.6) is 0 Å². The smallest absolute Gasteiger partial charge is 0.243 e. The summed E-state index contributed by atoms with van der Waals surface area (Å²) in [5, 5.41) is 3.32. The van der Waals surface area contributed by atoms with Gasteiger partial charge in [0.25, 0.3) is 0 Å². The predicted octanol–water partition coefficient (Wildman–Crippen LogP) is 3.31. The number of benzene rings is 1. The molecular formula is C22H28N2O2S. The molecule has 5 atom stereocenters.